The van der Waals surface area contributed by atoms with Gasteiger partial charge >= 0.3 is 5.69 Å². The van der Waals surface area contributed by atoms with Gasteiger partial charge in [-0.3, -0.25) is 14.9 Å². The van der Waals surface area contributed by atoms with Gasteiger partial charge in [-0.1, -0.05) is 0 Å². The summed E-state index contributed by atoms with van der Waals surface area (Å²) in [5, 5.41) is 16.0. The number of anilines is 1. The van der Waals surface area contributed by atoms with Crippen molar-refractivity contribution in [3.8, 4) is 5.88 Å². The van der Waals surface area contributed by atoms with Crippen LogP contribution in [-0.4, -0.2) is 49.7 Å². The van der Waals surface area contributed by atoms with E-state index in [1.807, 2.05) is 0 Å². The Kier molecular flexibility index (Phi) is 6.17. The Balaban J connectivity index is 2.65. The average molecular weight is 284 g/mol. The fourth-order valence-corrected chi connectivity index (χ4v) is 1.34. The fraction of sp³-hybridized carbons (Fsp3) is 0.455. The number of carbonyl (C=O) groups is 1. The Labute approximate surface area is 115 Å². The zero-order chi connectivity index (χ0) is 15.0. The lowest BCUT2D eigenvalue weighted by Gasteiger charge is -2.08. The third-order valence-corrected chi connectivity index (χ3v) is 2.30. The SMILES string of the molecule is COCCNC(=O)CNc1nc(OC)ccc1[N+](=O)[O-]. The molecule has 9 heteroatoms. The largest absolute Gasteiger partial charge is 0.481 e. The molecule has 0 saturated carbocycles. The number of nitrogens with one attached hydrogen (secondary N) is 2. The van der Waals surface area contributed by atoms with Crippen LogP contribution in [0, 0.1) is 10.1 Å². The van der Waals surface area contributed by atoms with Crippen molar-refractivity contribution in [2.24, 2.45) is 0 Å². The highest BCUT2D eigenvalue weighted by Gasteiger charge is 2.16. The second-order valence-electron chi connectivity index (χ2n) is 3.67. The number of hydrogen-bond acceptors (Lipinski definition) is 7. The fourth-order valence-electron chi connectivity index (χ4n) is 1.34. The summed E-state index contributed by atoms with van der Waals surface area (Å²) >= 11 is 0. The van der Waals surface area contributed by atoms with Crippen molar-refractivity contribution in [1.82, 2.24) is 10.3 Å². The number of nitrogens with zero attached hydrogens (tertiary/aromatic N) is 2. The summed E-state index contributed by atoms with van der Waals surface area (Å²) in [4.78, 5) is 25.6. The number of pyridine rings is 1. The molecule has 0 atom stereocenters. The molecule has 0 aliphatic carbocycles. The van der Waals surface area contributed by atoms with Gasteiger partial charge in [0.1, 0.15) is 0 Å². The maximum atomic E-state index is 11.5. The molecule has 0 radical (unpaired) electrons. The first kappa shape index (κ1) is 15.6. The Morgan fingerprint density at radius 1 is 1.45 bits per heavy atom. The monoisotopic (exact) mass is 284 g/mol. The van der Waals surface area contributed by atoms with Crippen molar-refractivity contribution in [2.45, 2.75) is 0 Å². The predicted octanol–water partition coefficient (Wildman–Crippen LogP) is 0.173. The van der Waals surface area contributed by atoms with Gasteiger partial charge in [0.25, 0.3) is 0 Å². The quantitative estimate of drug-likeness (QED) is 0.397. The summed E-state index contributed by atoms with van der Waals surface area (Å²) in [6, 6.07) is 2.64. The molecule has 1 rings (SSSR count). The van der Waals surface area contributed by atoms with E-state index in [9.17, 15) is 14.9 Å². The molecule has 0 unspecified atom stereocenters. The van der Waals surface area contributed by atoms with Crippen LogP contribution >= 0.6 is 0 Å². The molecule has 0 saturated heterocycles. The van der Waals surface area contributed by atoms with E-state index in [1.165, 1.54) is 26.4 Å². The molecule has 0 spiro atoms. The van der Waals surface area contributed by atoms with E-state index in [2.05, 4.69) is 15.6 Å². The molecule has 2 N–H and O–H groups in total. The van der Waals surface area contributed by atoms with E-state index in [4.69, 9.17) is 9.47 Å². The van der Waals surface area contributed by atoms with E-state index in [-0.39, 0.29) is 29.8 Å². The lowest BCUT2D eigenvalue weighted by molar-refractivity contribution is -0.384. The number of nitro groups is 1. The first-order valence-corrected chi connectivity index (χ1v) is 5.77. The van der Waals surface area contributed by atoms with Gasteiger partial charge in [0.05, 0.1) is 25.2 Å². The van der Waals surface area contributed by atoms with Crippen molar-refractivity contribution in [3.63, 3.8) is 0 Å². The second-order valence-corrected chi connectivity index (χ2v) is 3.67. The van der Waals surface area contributed by atoms with E-state index in [0.717, 1.165) is 0 Å². The number of methoxy groups -OCH3 is 2. The summed E-state index contributed by atoms with van der Waals surface area (Å²) in [5.74, 6) is -0.116. The van der Waals surface area contributed by atoms with Gasteiger partial charge in [-0.2, -0.15) is 4.98 Å². The molecular weight excluding hydrogens is 268 g/mol. The highest BCUT2D eigenvalue weighted by Crippen LogP contribution is 2.24. The van der Waals surface area contributed by atoms with Crippen molar-refractivity contribution in [3.05, 3.63) is 22.2 Å². The first-order chi connectivity index (χ1) is 9.58. The molecule has 0 aromatic carbocycles. The number of aromatic nitrogens is 1. The zero-order valence-corrected chi connectivity index (χ0v) is 11.2. The van der Waals surface area contributed by atoms with Crippen LogP contribution in [0.15, 0.2) is 12.1 Å². The molecule has 20 heavy (non-hydrogen) atoms. The number of ether oxygens (including phenoxy) is 2. The number of carbonyl (C=O) groups excluding carboxylic acids is 1. The molecule has 1 aromatic heterocycles. The molecule has 110 valence electrons. The van der Waals surface area contributed by atoms with Crippen molar-refractivity contribution < 1.29 is 19.2 Å². The number of rotatable bonds is 8. The van der Waals surface area contributed by atoms with Crippen molar-refractivity contribution >= 4 is 17.4 Å². The van der Waals surface area contributed by atoms with Crippen LogP contribution in [0.1, 0.15) is 0 Å². The van der Waals surface area contributed by atoms with Crippen LogP contribution < -0.4 is 15.4 Å². The normalized spacial score (nSPS) is 9.90. The molecule has 9 nitrogen and oxygen atoms in total. The minimum atomic E-state index is -0.586. The van der Waals surface area contributed by atoms with Gasteiger partial charge in [0, 0.05) is 25.8 Å². The van der Waals surface area contributed by atoms with Crippen LogP contribution in [0.4, 0.5) is 11.5 Å². The smallest absolute Gasteiger partial charge is 0.311 e. The highest BCUT2D eigenvalue weighted by molar-refractivity contribution is 5.81. The minimum Gasteiger partial charge on any atom is -0.481 e. The van der Waals surface area contributed by atoms with Gasteiger partial charge in [-0.25, -0.2) is 0 Å². The molecule has 0 fully saturated rings. The van der Waals surface area contributed by atoms with E-state index >= 15 is 0 Å². The Morgan fingerprint density at radius 2 is 2.20 bits per heavy atom. The predicted molar refractivity (Wildman–Crippen MR) is 70.8 cm³/mol. The number of amides is 1. The topological polar surface area (TPSA) is 116 Å². The number of hydrogen-bond donors (Lipinski definition) is 2. The summed E-state index contributed by atoms with van der Waals surface area (Å²) < 4.78 is 9.67. The van der Waals surface area contributed by atoms with Gasteiger partial charge in [-0.15, -0.1) is 0 Å². The summed E-state index contributed by atoms with van der Waals surface area (Å²) in [7, 11) is 2.92. The second kappa shape index (κ2) is 7.89. The Bertz CT molecular complexity index is 480. The average Bonchev–Trinajstić information content (AvgIpc) is 2.44. The van der Waals surface area contributed by atoms with Crippen LogP contribution in [-0.2, 0) is 9.53 Å². The van der Waals surface area contributed by atoms with Gasteiger partial charge in [-0.05, 0) is 0 Å². The molecule has 0 aliphatic rings. The minimum absolute atomic E-state index is 0.0174. The summed E-state index contributed by atoms with van der Waals surface area (Å²) in [6.07, 6.45) is 0. The summed E-state index contributed by atoms with van der Waals surface area (Å²) in [5.41, 5.74) is -0.226. The van der Waals surface area contributed by atoms with Crippen LogP contribution in [0.2, 0.25) is 0 Å². The molecule has 1 amide bonds. The lowest BCUT2D eigenvalue weighted by atomic mass is 10.3. The van der Waals surface area contributed by atoms with Gasteiger partial charge < -0.3 is 20.1 Å². The summed E-state index contributed by atoms with van der Waals surface area (Å²) in [6.45, 7) is 0.624. The first-order valence-electron chi connectivity index (χ1n) is 5.77. The zero-order valence-electron chi connectivity index (χ0n) is 11.2. The molecule has 1 aromatic rings. The van der Waals surface area contributed by atoms with Crippen molar-refractivity contribution in [2.75, 3.05) is 39.2 Å². The van der Waals surface area contributed by atoms with Crippen LogP contribution in [0.25, 0.3) is 0 Å². The highest BCUT2D eigenvalue weighted by atomic mass is 16.6. The Morgan fingerprint density at radius 3 is 2.80 bits per heavy atom. The third-order valence-electron chi connectivity index (χ3n) is 2.30. The van der Waals surface area contributed by atoms with E-state index in [1.54, 1.807) is 0 Å². The van der Waals surface area contributed by atoms with E-state index in [0.29, 0.717) is 13.2 Å². The molecular formula is C11H16N4O5. The van der Waals surface area contributed by atoms with Crippen LogP contribution in [0.3, 0.4) is 0 Å². The van der Waals surface area contributed by atoms with Crippen molar-refractivity contribution in [1.29, 1.82) is 0 Å². The van der Waals surface area contributed by atoms with Gasteiger partial charge in [0.2, 0.25) is 17.6 Å². The standard InChI is InChI=1S/C11H16N4O5/c1-19-6-5-12-9(16)7-13-11-8(15(17)18)3-4-10(14-11)20-2/h3-4H,5-7H2,1-2H3,(H,12,16)(H,13,14). The van der Waals surface area contributed by atoms with Gasteiger partial charge in [0.15, 0.2) is 0 Å². The maximum absolute atomic E-state index is 11.5. The Hall–Kier alpha value is -2.42. The molecule has 0 bridgehead atoms. The third kappa shape index (κ3) is 4.69. The maximum Gasteiger partial charge on any atom is 0.311 e. The van der Waals surface area contributed by atoms with E-state index < -0.39 is 4.92 Å². The molecule has 0 aliphatic heterocycles. The lowest BCUT2D eigenvalue weighted by Crippen LogP contribution is -2.32. The van der Waals surface area contributed by atoms with Crippen LogP contribution in [0.5, 0.6) is 5.88 Å². The molecule has 1 heterocycles.